The Morgan fingerprint density at radius 2 is 1.86 bits per heavy atom. The van der Waals surface area contributed by atoms with Crippen molar-refractivity contribution in [3.63, 3.8) is 0 Å². The van der Waals surface area contributed by atoms with Crippen molar-refractivity contribution in [1.29, 1.82) is 0 Å². The molecule has 0 aliphatic heterocycles. The van der Waals surface area contributed by atoms with Gasteiger partial charge in [-0.15, -0.1) is 0 Å². The molecule has 0 heterocycles. The van der Waals surface area contributed by atoms with Crippen LogP contribution in [0.2, 0.25) is 0 Å². The fraction of sp³-hybridized carbons (Fsp3) is 0.111. The minimum absolute atomic E-state index is 0.0447. The lowest BCUT2D eigenvalue weighted by molar-refractivity contribution is -0.307. The summed E-state index contributed by atoms with van der Waals surface area (Å²) in [4.78, 5) is 20.6. The number of carboxylic acid groups (broad SMARTS) is 2. The predicted molar refractivity (Wildman–Crippen MR) is 41.3 cm³/mol. The first kappa shape index (κ1) is 10.0. The summed E-state index contributed by atoms with van der Waals surface area (Å²) in [6, 6.07) is 5.61. The van der Waals surface area contributed by atoms with Crippen LogP contribution in [0.25, 0.3) is 0 Å². The van der Waals surface area contributed by atoms with Crippen molar-refractivity contribution in [2.24, 2.45) is 0 Å². The van der Waals surface area contributed by atoms with E-state index in [9.17, 15) is 19.8 Å². The van der Waals surface area contributed by atoms with Gasteiger partial charge in [-0.05, 0) is 12.1 Å². The quantitative estimate of drug-likeness (QED) is 0.562. The highest BCUT2D eigenvalue weighted by molar-refractivity contribution is 5.89. The molecule has 0 unspecified atom stereocenters. The van der Waals surface area contributed by atoms with E-state index in [1.165, 1.54) is 24.3 Å². The van der Waals surface area contributed by atoms with Crippen molar-refractivity contribution in [3.8, 4) is 5.75 Å². The van der Waals surface area contributed by atoms with Crippen LogP contribution in [-0.2, 0) is 4.79 Å². The molecule has 0 amide bonds. The van der Waals surface area contributed by atoms with E-state index in [4.69, 9.17) is 0 Å². The average Bonchev–Trinajstić information content (AvgIpc) is 2.15. The molecule has 0 aliphatic rings. The molecule has 0 saturated heterocycles. The molecule has 0 fully saturated rings. The van der Waals surface area contributed by atoms with Gasteiger partial charge in [-0.2, -0.15) is 0 Å². The zero-order chi connectivity index (χ0) is 10.6. The summed E-state index contributed by atoms with van der Waals surface area (Å²) in [6.45, 7) is -0.690. The molecule has 0 radical (unpaired) electrons. The fourth-order valence-electron chi connectivity index (χ4n) is 0.898. The van der Waals surface area contributed by atoms with E-state index in [1.54, 1.807) is 0 Å². The van der Waals surface area contributed by atoms with Crippen molar-refractivity contribution in [2.75, 3.05) is 6.61 Å². The van der Waals surface area contributed by atoms with Crippen molar-refractivity contribution in [3.05, 3.63) is 29.8 Å². The molecule has 0 bridgehead atoms. The molecular formula is C9H6O5-2. The summed E-state index contributed by atoms with van der Waals surface area (Å²) in [5.41, 5.74) is -0.186. The number of hydrogen-bond acceptors (Lipinski definition) is 5. The maximum absolute atomic E-state index is 10.5. The number of aliphatic carboxylic acids is 1. The Morgan fingerprint density at radius 3 is 2.43 bits per heavy atom. The van der Waals surface area contributed by atoms with Crippen LogP contribution in [0.4, 0.5) is 0 Å². The summed E-state index contributed by atoms with van der Waals surface area (Å²) < 4.78 is 4.68. The molecular weight excluding hydrogens is 188 g/mol. The summed E-state index contributed by atoms with van der Waals surface area (Å²) in [5.74, 6) is -2.88. The van der Waals surface area contributed by atoms with Gasteiger partial charge in [0.2, 0.25) is 0 Å². The second-order valence-corrected chi connectivity index (χ2v) is 2.44. The van der Waals surface area contributed by atoms with Crippen LogP contribution >= 0.6 is 0 Å². The molecule has 74 valence electrons. The van der Waals surface area contributed by atoms with E-state index in [0.29, 0.717) is 0 Å². The van der Waals surface area contributed by atoms with Crippen molar-refractivity contribution >= 4 is 11.9 Å². The number of ether oxygens (including phenoxy) is 1. The van der Waals surface area contributed by atoms with Gasteiger partial charge < -0.3 is 24.5 Å². The number of aromatic carboxylic acids is 1. The van der Waals surface area contributed by atoms with Gasteiger partial charge in [-0.25, -0.2) is 0 Å². The zero-order valence-electron chi connectivity index (χ0n) is 7.06. The Balaban J connectivity index is 2.84. The maximum Gasteiger partial charge on any atom is 0.128 e. The van der Waals surface area contributed by atoms with Gasteiger partial charge in [-0.3, -0.25) is 0 Å². The largest absolute Gasteiger partial charge is 0.546 e. The van der Waals surface area contributed by atoms with Crippen LogP contribution < -0.4 is 14.9 Å². The minimum atomic E-state index is -1.42. The van der Waals surface area contributed by atoms with E-state index in [-0.39, 0.29) is 11.3 Å². The Hall–Kier alpha value is -2.04. The maximum atomic E-state index is 10.5. The summed E-state index contributed by atoms with van der Waals surface area (Å²) in [5, 5.41) is 20.6. The lowest BCUT2D eigenvalue weighted by Crippen LogP contribution is -2.30. The summed E-state index contributed by atoms with van der Waals surface area (Å²) in [6.07, 6.45) is 0. The van der Waals surface area contributed by atoms with E-state index in [2.05, 4.69) is 4.74 Å². The number of hydrogen-bond donors (Lipinski definition) is 0. The number of carboxylic acids is 2. The Kier molecular flexibility index (Phi) is 3.06. The standard InChI is InChI=1S/C9H8O5/c10-8(11)5-14-7-4-2-1-3-6(7)9(12)13/h1-4H,5H2,(H,10,11)(H,12,13)/p-2. The highest BCUT2D eigenvalue weighted by Gasteiger charge is 2.02. The Labute approximate surface area is 79.6 Å². The van der Waals surface area contributed by atoms with Gasteiger partial charge >= 0.3 is 0 Å². The highest BCUT2D eigenvalue weighted by atomic mass is 16.5. The first-order valence-corrected chi connectivity index (χ1v) is 3.74. The van der Waals surface area contributed by atoms with Gasteiger partial charge in [0.25, 0.3) is 0 Å². The van der Waals surface area contributed by atoms with Crippen LogP contribution in [0.3, 0.4) is 0 Å². The second kappa shape index (κ2) is 4.27. The first-order chi connectivity index (χ1) is 6.61. The van der Waals surface area contributed by atoms with E-state index >= 15 is 0 Å². The molecule has 0 saturated carbocycles. The first-order valence-electron chi connectivity index (χ1n) is 3.74. The molecule has 5 heteroatoms. The Morgan fingerprint density at radius 1 is 1.21 bits per heavy atom. The molecule has 1 aromatic rings. The molecule has 5 nitrogen and oxygen atoms in total. The molecule has 0 aliphatic carbocycles. The molecule has 0 atom stereocenters. The molecule has 0 spiro atoms. The predicted octanol–water partition coefficient (Wildman–Crippen LogP) is -1.82. The lowest BCUT2D eigenvalue weighted by atomic mass is 10.2. The second-order valence-electron chi connectivity index (χ2n) is 2.44. The lowest BCUT2D eigenvalue weighted by Gasteiger charge is -2.11. The third-order valence-electron chi connectivity index (χ3n) is 1.45. The zero-order valence-corrected chi connectivity index (χ0v) is 7.06. The van der Waals surface area contributed by atoms with Gasteiger partial charge in [0.05, 0.1) is 11.9 Å². The summed E-state index contributed by atoms with van der Waals surface area (Å²) in [7, 11) is 0. The number of carbonyl (C=O) groups is 2. The van der Waals surface area contributed by atoms with Gasteiger partial charge in [0, 0.05) is 5.56 Å². The average molecular weight is 194 g/mol. The van der Waals surface area contributed by atoms with E-state index < -0.39 is 18.5 Å². The van der Waals surface area contributed by atoms with Gasteiger partial charge in [-0.1, -0.05) is 12.1 Å². The van der Waals surface area contributed by atoms with Crippen LogP contribution in [0, 0.1) is 0 Å². The number of rotatable bonds is 4. The van der Waals surface area contributed by atoms with Gasteiger partial charge in [0.15, 0.2) is 0 Å². The fourth-order valence-corrected chi connectivity index (χ4v) is 0.898. The van der Waals surface area contributed by atoms with Crippen LogP contribution in [0.15, 0.2) is 24.3 Å². The molecule has 14 heavy (non-hydrogen) atoms. The number of para-hydroxylation sites is 1. The third kappa shape index (κ3) is 2.48. The monoisotopic (exact) mass is 194 g/mol. The summed E-state index contributed by atoms with van der Waals surface area (Å²) >= 11 is 0. The van der Waals surface area contributed by atoms with Crippen molar-refractivity contribution in [1.82, 2.24) is 0 Å². The van der Waals surface area contributed by atoms with Crippen molar-refractivity contribution < 1.29 is 24.5 Å². The number of carbonyl (C=O) groups excluding carboxylic acids is 2. The number of benzene rings is 1. The highest BCUT2D eigenvalue weighted by Crippen LogP contribution is 2.16. The Bertz CT molecular complexity index is 358. The van der Waals surface area contributed by atoms with Crippen LogP contribution in [-0.4, -0.2) is 18.5 Å². The molecule has 1 rings (SSSR count). The molecule has 0 aromatic heterocycles. The minimum Gasteiger partial charge on any atom is -0.546 e. The smallest absolute Gasteiger partial charge is 0.128 e. The van der Waals surface area contributed by atoms with Crippen LogP contribution in [0.5, 0.6) is 5.75 Å². The van der Waals surface area contributed by atoms with Crippen LogP contribution in [0.1, 0.15) is 10.4 Å². The topological polar surface area (TPSA) is 89.5 Å². The third-order valence-corrected chi connectivity index (χ3v) is 1.45. The van der Waals surface area contributed by atoms with Crippen molar-refractivity contribution in [2.45, 2.75) is 0 Å². The van der Waals surface area contributed by atoms with E-state index in [1.807, 2.05) is 0 Å². The molecule has 0 N–H and O–H groups in total. The normalized spacial score (nSPS) is 9.43. The van der Waals surface area contributed by atoms with Gasteiger partial charge in [0.1, 0.15) is 12.4 Å². The van der Waals surface area contributed by atoms with E-state index in [0.717, 1.165) is 0 Å². The SMILES string of the molecule is O=C([O-])COc1ccccc1C(=O)[O-]. The molecule has 1 aromatic carbocycles.